The second-order valence-electron chi connectivity index (χ2n) is 17.4. The van der Waals surface area contributed by atoms with Crippen LogP contribution in [0, 0.1) is 17.8 Å². The highest BCUT2D eigenvalue weighted by molar-refractivity contribution is 6.24. The molecule has 5 aromatic rings. The number of amides is 6. The van der Waals surface area contributed by atoms with E-state index < -0.39 is 71.5 Å². The Morgan fingerprint density at radius 1 is 0.788 bits per heavy atom. The summed E-state index contributed by atoms with van der Waals surface area (Å²) in [6.07, 6.45) is 3.47. The number of primary amides is 1. The summed E-state index contributed by atoms with van der Waals surface area (Å²) in [6, 6.07) is 34.8. The summed E-state index contributed by atoms with van der Waals surface area (Å²) in [5.41, 5.74) is 7.20. The smallest absolute Gasteiger partial charge is 0.329 e. The third-order valence-electron chi connectivity index (χ3n) is 13.5. The number of hydrogen-bond acceptors (Lipinski definition) is 8. The van der Waals surface area contributed by atoms with E-state index in [1.807, 2.05) is 103 Å². The highest BCUT2D eigenvalue weighted by Gasteiger charge is 2.76. The number of morpholine rings is 1. The van der Waals surface area contributed by atoms with Crippen LogP contribution in [0.5, 0.6) is 5.75 Å². The van der Waals surface area contributed by atoms with Crippen molar-refractivity contribution < 1.29 is 33.8 Å². The predicted octanol–water partition coefficient (Wildman–Crippen LogP) is 7.34. The molecule has 1 spiro atoms. The Hall–Kier alpha value is -7.43. The standard InChI is InChI=1S/C53H52N6O7/c1-34(36-18-8-5-9-19-36)56-52(65)58-42-29-24-35(17-16-30-55-51(54)64)33-41(42)53(50(58)63)43(48(61)57-31-14-3-2-4-15-32-57)45-49(62)66-46(38-22-12-7-13-23-38)44(37-20-10-6-11-21-37)59(45)47(53)39-25-27-40(60)28-26-39/h5-13,18-29,33-34,43-47,60H,2-4,14-15,30-32H2,1H3,(H,56,65)(H3,54,55,64)/t34-,43-,44-,45-,46+,47+,53-/m1/s1. The first-order valence-electron chi connectivity index (χ1n) is 22.6. The molecule has 0 aromatic heterocycles. The number of phenols is 1. The first kappa shape index (κ1) is 43.8. The van der Waals surface area contributed by atoms with Crippen LogP contribution >= 0.6 is 0 Å². The van der Waals surface area contributed by atoms with Crippen molar-refractivity contribution in [2.45, 2.75) is 74.7 Å². The molecule has 7 atom stereocenters. The number of likely N-dealkylation sites (tertiary alicyclic amines) is 1. The largest absolute Gasteiger partial charge is 0.508 e. The third-order valence-corrected chi connectivity index (χ3v) is 13.5. The molecule has 13 nitrogen and oxygen atoms in total. The van der Waals surface area contributed by atoms with Crippen molar-refractivity contribution in [2.75, 3.05) is 24.5 Å². The van der Waals surface area contributed by atoms with Gasteiger partial charge >= 0.3 is 18.0 Å². The van der Waals surface area contributed by atoms with Gasteiger partial charge in [-0.25, -0.2) is 14.5 Å². The number of benzene rings is 5. The Labute approximate surface area is 383 Å². The molecule has 0 saturated carbocycles. The zero-order valence-electron chi connectivity index (χ0n) is 36.6. The van der Waals surface area contributed by atoms with E-state index in [-0.39, 0.29) is 18.0 Å². The highest BCUT2D eigenvalue weighted by atomic mass is 16.6. The summed E-state index contributed by atoms with van der Waals surface area (Å²) >= 11 is 0. The molecule has 0 bridgehead atoms. The molecule has 4 aliphatic heterocycles. The van der Waals surface area contributed by atoms with Gasteiger partial charge in [-0.1, -0.05) is 134 Å². The van der Waals surface area contributed by atoms with Gasteiger partial charge in [0.25, 0.3) is 0 Å². The second kappa shape index (κ2) is 18.6. The van der Waals surface area contributed by atoms with Crippen LogP contribution in [0.1, 0.15) is 96.6 Å². The average molecular weight is 885 g/mol. The lowest BCUT2D eigenvalue weighted by Crippen LogP contribution is -2.57. The zero-order chi connectivity index (χ0) is 46.0. The number of hydrogen-bond donors (Lipinski definition) is 4. The van der Waals surface area contributed by atoms with Gasteiger partial charge in [0.15, 0.2) is 0 Å². The minimum atomic E-state index is -1.97. The van der Waals surface area contributed by atoms with Gasteiger partial charge in [0.1, 0.15) is 23.3 Å². The van der Waals surface area contributed by atoms with E-state index in [0.717, 1.165) is 48.1 Å². The number of anilines is 1. The molecule has 0 radical (unpaired) electrons. The van der Waals surface area contributed by atoms with Gasteiger partial charge in [-0.3, -0.25) is 19.3 Å². The molecule has 5 aromatic carbocycles. The molecular weight excluding hydrogens is 833 g/mol. The summed E-state index contributed by atoms with van der Waals surface area (Å²) in [4.78, 5) is 79.6. The van der Waals surface area contributed by atoms with Crippen LogP contribution in [-0.2, 0) is 24.5 Å². The summed E-state index contributed by atoms with van der Waals surface area (Å²) < 4.78 is 6.62. The maximum absolute atomic E-state index is 16.6. The lowest BCUT2D eigenvalue weighted by atomic mass is 9.64. The Morgan fingerprint density at radius 2 is 1.41 bits per heavy atom. The Kier molecular flexibility index (Phi) is 12.3. The van der Waals surface area contributed by atoms with Gasteiger partial charge in [0.05, 0.1) is 36.3 Å². The third kappa shape index (κ3) is 7.91. The van der Waals surface area contributed by atoms with Crippen LogP contribution < -0.4 is 21.3 Å². The van der Waals surface area contributed by atoms with E-state index in [0.29, 0.717) is 35.3 Å². The monoisotopic (exact) mass is 884 g/mol. The van der Waals surface area contributed by atoms with Crippen molar-refractivity contribution >= 4 is 35.5 Å². The number of fused-ring (bicyclic) bond motifs is 3. The van der Waals surface area contributed by atoms with Crippen molar-refractivity contribution in [1.82, 2.24) is 20.4 Å². The van der Waals surface area contributed by atoms with Crippen LogP contribution in [0.2, 0.25) is 0 Å². The molecule has 4 aliphatic rings. The predicted molar refractivity (Wildman–Crippen MR) is 248 cm³/mol. The first-order chi connectivity index (χ1) is 32.1. The van der Waals surface area contributed by atoms with Crippen molar-refractivity contribution in [3.63, 3.8) is 0 Å². The van der Waals surface area contributed by atoms with E-state index in [4.69, 9.17) is 10.5 Å². The maximum Gasteiger partial charge on any atom is 0.329 e. The number of rotatable bonds is 7. The molecule has 0 unspecified atom stereocenters. The fraction of sp³-hybridized carbons (Fsp3) is 0.302. The average Bonchev–Trinajstić information content (AvgIpc) is 3.77. The molecule has 3 fully saturated rings. The fourth-order valence-electron chi connectivity index (χ4n) is 10.6. The number of carbonyl (C=O) groups is 5. The van der Waals surface area contributed by atoms with Crippen molar-refractivity contribution in [3.8, 4) is 17.6 Å². The number of ether oxygens (including phenoxy) is 1. The fourth-order valence-corrected chi connectivity index (χ4v) is 10.6. The van der Waals surface area contributed by atoms with Crippen LogP contribution in [-0.4, -0.2) is 70.4 Å². The van der Waals surface area contributed by atoms with Crippen molar-refractivity contribution in [3.05, 3.63) is 167 Å². The quantitative estimate of drug-likeness (QED) is 0.0971. The number of nitrogens with zero attached hydrogens (tertiary/aromatic N) is 3. The number of esters is 1. The molecule has 6 amide bonds. The van der Waals surface area contributed by atoms with E-state index in [9.17, 15) is 9.90 Å². The topological polar surface area (TPSA) is 175 Å². The molecule has 3 saturated heterocycles. The number of nitrogens with two attached hydrogens (primary N) is 1. The number of phenolic OH excluding ortho intramolecular Hbond substituents is 1. The Bertz CT molecular complexity index is 2680. The van der Waals surface area contributed by atoms with Crippen LogP contribution in [0.4, 0.5) is 15.3 Å². The zero-order valence-corrected chi connectivity index (χ0v) is 36.6. The van der Waals surface area contributed by atoms with E-state index in [2.05, 4.69) is 22.5 Å². The highest BCUT2D eigenvalue weighted by Crippen LogP contribution is 2.66. The minimum absolute atomic E-state index is 0.0217. The number of cyclic esters (lactones) is 1. The molecule has 336 valence electrons. The summed E-state index contributed by atoms with van der Waals surface area (Å²) in [5.74, 6) is 2.81. The molecule has 13 heteroatoms. The number of urea groups is 2. The van der Waals surface area contributed by atoms with Gasteiger partial charge in [-0.2, -0.15) is 0 Å². The molecule has 9 rings (SSSR count). The maximum atomic E-state index is 16.6. The summed E-state index contributed by atoms with van der Waals surface area (Å²) in [5, 5.41) is 16.3. The Morgan fingerprint density at radius 3 is 2.06 bits per heavy atom. The number of carbonyl (C=O) groups excluding carboxylic acids is 5. The molecular formula is C53H52N6O7. The Balaban J connectivity index is 1.33. The van der Waals surface area contributed by atoms with E-state index in [1.54, 1.807) is 35.2 Å². The SMILES string of the molecule is C[C@@H](NC(=O)N1C(=O)[C@@]2(c3cc(C#CCNC(N)=O)ccc31)[C@H](c1ccc(O)cc1)N1[C@H](c3ccccc3)[C@H](c3ccccc3)OC(=O)[C@H]1[C@@H]2C(=O)N1CCCCCCC1)c1ccccc1. The summed E-state index contributed by atoms with van der Waals surface area (Å²) in [6.45, 7) is 2.61. The summed E-state index contributed by atoms with van der Waals surface area (Å²) in [7, 11) is 0. The first-order valence-corrected chi connectivity index (χ1v) is 22.6. The lowest BCUT2D eigenvalue weighted by Gasteiger charge is -2.46. The normalized spacial score (nSPS) is 24.2. The van der Waals surface area contributed by atoms with E-state index >= 15 is 19.2 Å². The second-order valence-corrected chi connectivity index (χ2v) is 17.4. The van der Waals surface area contributed by atoms with Crippen LogP contribution in [0.15, 0.2) is 133 Å². The number of imide groups is 1. The van der Waals surface area contributed by atoms with Crippen molar-refractivity contribution in [1.29, 1.82) is 0 Å². The molecule has 5 N–H and O–H groups in total. The van der Waals surface area contributed by atoms with Gasteiger partial charge < -0.3 is 31.1 Å². The molecule has 0 aliphatic carbocycles. The van der Waals surface area contributed by atoms with Gasteiger partial charge in [-0.15, -0.1) is 0 Å². The number of nitrogens with one attached hydrogen (secondary N) is 2. The minimum Gasteiger partial charge on any atom is -0.508 e. The lowest BCUT2D eigenvalue weighted by molar-refractivity contribution is -0.179. The van der Waals surface area contributed by atoms with Crippen LogP contribution in [0.25, 0.3) is 0 Å². The number of aromatic hydroxyl groups is 1. The van der Waals surface area contributed by atoms with Crippen molar-refractivity contribution in [2.24, 2.45) is 11.7 Å². The van der Waals surface area contributed by atoms with Gasteiger partial charge in [0, 0.05) is 18.7 Å². The van der Waals surface area contributed by atoms with Gasteiger partial charge in [0.2, 0.25) is 11.8 Å². The molecule has 4 heterocycles. The van der Waals surface area contributed by atoms with Gasteiger partial charge in [-0.05, 0) is 77.9 Å². The van der Waals surface area contributed by atoms with Crippen LogP contribution in [0.3, 0.4) is 0 Å². The molecule has 66 heavy (non-hydrogen) atoms. The van der Waals surface area contributed by atoms with E-state index in [1.165, 1.54) is 12.1 Å².